The zero-order chi connectivity index (χ0) is 21.2. The minimum atomic E-state index is -0.682. The topological polar surface area (TPSA) is 85.1 Å². The molecule has 0 saturated carbocycles. The Morgan fingerprint density at radius 3 is 2.38 bits per heavy atom. The molecule has 0 radical (unpaired) electrons. The fraction of sp³-hybridized carbons (Fsp3) is 0.200. The smallest absolute Gasteiger partial charge is 0.438 e. The molecule has 0 bridgehead atoms. The highest BCUT2D eigenvalue weighted by Crippen LogP contribution is 2.20. The van der Waals surface area contributed by atoms with E-state index in [4.69, 9.17) is 14.4 Å². The van der Waals surface area contributed by atoms with Gasteiger partial charge in [0.05, 0.1) is 31.8 Å². The van der Waals surface area contributed by atoms with Gasteiger partial charge in [0.2, 0.25) is 0 Å². The molecule has 0 saturated heterocycles. The number of oxime groups is 1. The van der Waals surface area contributed by atoms with Gasteiger partial charge in [0.15, 0.2) is 0 Å². The SMILES string of the molecule is CON=C(C(C)=NN=Cc1ccccc1N(OC)C(=O)OC)c1ccc(F)cc1. The normalized spacial score (nSPS) is 12.2. The molecule has 0 aliphatic rings. The third-order valence-electron chi connectivity index (χ3n) is 3.73. The van der Waals surface area contributed by atoms with Crippen molar-refractivity contribution >= 4 is 29.4 Å². The van der Waals surface area contributed by atoms with Crippen molar-refractivity contribution in [3.63, 3.8) is 0 Å². The molecule has 2 aromatic carbocycles. The summed E-state index contributed by atoms with van der Waals surface area (Å²) in [5, 5.41) is 13.1. The molecule has 9 heteroatoms. The minimum absolute atomic E-state index is 0.358. The van der Waals surface area contributed by atoms with E-state index < -0.39 is 6.09 Å². The number of amides is 1. The number of ether oxygens (including phenoxy) is 1. The van der Waals surface area contributed by atoms with Crippen LogP contribution in [-0.2, 0) is 14.4 Å². The third-order valence-corrected chi connectivity index (χ3v) is 3.73. The molecule has 29 heavy (non-hydrogen) atoms. The first kappa shape index (κ1) is 21.7. The van der Waals surface area contributed by atoms with Crippen molar-refractivity contribution in [3.8, 4) is 0 Å². The van der Waals surface area contributed by atoms with E-state index in [1.165, 1.54) is 39.7 Å². The summed E-state index contributed by atoms with van der Waals surface area (Å²) in [6, 6.07) is 12.7. The van der Waals surface area contributed by atoms with E-state index in [-0.39, 0.29) is 5.82 Å². The summed E-state index contributed by atoms with van der Waals surface area (Å²) in [5.41, 5.74) is 2.49. The van der Waals surface area contributed by atoms with Crippen LogP contribution in [0.2, 0.25) is 0 Å². The van der Waals surface area contributed by atoms with Crippen molar-refractivity contribution in [2.45, 2.75) is 6.92 Å². The molecule has 1 amide bonds. The first-order chi connectivity index (χ1) is 14.0. The molecular weight excluding hydrogens is 379 g/mol. The van der Waals surface area contributed by atoms with Crippen LogP contribution in [0.25, 0.3) is 0 Å². The highest BCUT2D eigenvalue weighted by atomic mass is 19.1. The largest absolute Gasteiger partial charge is 0.451 e. The number of benzene rings is 2. The predicted molar refractivity (Wildman–Crippen MR) is 109 cm³/mol. The van der Waals surface area contributed by atoms with E-state index in [1.807, 2.05) is 0 Å². The molecule has 0 aromatic heterocycles. The number of anilines is 1. The van der Waals surface area contributed by atoms with Gasteiger partial charge in [0, 0.05) is 11.1 Å². The Bertz CT molecular complexity index is 926. The number of halogens is 1. The van der Waals surface area contributed by atoms with Crippen molar-refractivity contribution in [3.05, 3.63) is 65.5 Å². The molecule has 8 nitrogen and oxygen atoms in total. The quantitative estimate of drug-likeness (QED) is 0.523. The van der Waals surface area contributed by atoms with Crippen molar-refractivity contribution in [1.29, 1.82) is 0 Å². The lowest BCUT2D eigenvalue weighted by Gasteiger charge is -2.19. The zero-order valence-corrected chi connectivity index (χ0v) is 16.5. The van der Waals surface area contributed by atoms with Crippen LogP contribution >= 0.6 is 0 Å². The Hall–Kier alpha value is -3.59. The maximum absolute atomic E-state index is 13.2. The Labute approximate surface area is 167 Å². The van der Waals surface area contributed by atoms with E-state index in [1.54, 1.807) is 43.3 Å². The first-order valence-electron chi connectivity index (χ1n) is 8.48. The first-order valence-corrected chi connectivity index (χ1v) is 8.48. The second-order valence-electron chi connectivity index (χ2n) is 5.57. The maximum Gasteiger partial charge on any atom is 0.438 e. The Morgan fingerprint density at radius 2 is 1.76 bits per heavy atom. The van der Waals surface area contributed by atoms with Gasteiger partial charge in [0.1, 0.15) is 18.6 Å². The molecular formula is C20H21FN4O4. The molecule has 0 heterocycles. The number of hydrogen-bond donors (Lipinski definition) is 0. The van der Waals surface area contributed by atoms with Gasteiger partial charge in [-0.15, -0.1) is 0 Å². The number of carbonyl (C=O) groups is 1. The highest BCUT2D eigenvalue weighted by Gasteiger charge is 2.18. The summed E-state index contributed by atoms with van der Waals surface area (Å²) in [6.45, 7) is 1.69. The minimum Gasteiger partial charge on any atom is -0.451 e. The van der Waals surface area contributed by atoms with Gasteiger partial charge in [0.25, 0.3) is 0 Å². The number of hydrogen-bond acceptors (Lipinski definition) is 7. The lowest BCUT2D eigenvalue weighted by molar-refractivity contribution is 0.115. The summed E-state index contributed by atoms with van der Waals surface area (Å²) in [7, 11) is 4.01. The van der Waals surface area contributed by atoms with Crippen molar-refractivity contribution in [2.75, 3.05) is 26.4 Å². The van der Waals surface area contributed by atoms with Crippen LogP contribution in [-0.4, -0.2) is 45.1 Å². The van der Waals surface area contributed by atoms with E-state index in [0.29, 0.717) is 28.2 Å². The zero-order valence-electron chi connectivity index (χ0n) is 16.5. The number of para-hydroxylation sites is 1. The number of hydroxylamine groups is 1. The Morgan fingerprint density at radius 1 is 1.07 bits per heavy atom. The lowest BCUT2D eigenvalue weighted by atomic mass is 10.1. The fourth-order valence-corrected chi connectivity index (χ4v) is 2.39. The fourth-order valence-electron chi connectivity index (χ4n) is 2.39. The summed E-state index contributed by atoms with van der Waals surface area (Å²) in [5.74, 6) is -0.358. The van der Waals surface area contributed by atoms with Crippen LogP contribution in [0.4, 0.5) is 14.9 Å². The van der Waals surface area contributed by atoms with Crippen LogP contribution in [0, 0.1) is 5.82 Å². The predicted octanol–water partition coefficient (Wildman–Crippen LogP) is 3.81. The average molecular weight is 400 g/mol. The van der Waals surface area contributed by atoms with Gasteiger partial charge < -0.3 is 9.57 Å². The van der Waals surface area contributed by atoms with Crippen molar-refractivity contribution < 1.29 is 23.6 Å². The summed E-state index contributed by atoms with van der Waals surface area (Å²) >= 11 is 0. The van der Waals surface area contributed by atoms with Crippen LogP contribution in [0.1, 0.15) is 18.1 Å². The van der Waals surface area contributed by atoms with Gasteiger partial charge in [-0.25, -0.2) is 9.18 Å². The van der Waals surface area contributed by atoms with Crippen LogP contribution in [0.5, 0.6) is 0 Å². The van der Waals surface area contributed by atoms with Crippen molar-refractivity contribution in [2.24, 2.45) is 15.4 Å². The molecule has 0 aliphatic heterocycles. The Balaban J connectivity index is 2.31. The number of nitrogens with zero attached hydrogens (tertiary/aromatic N) is 4. The standard InChI is InChI=1S/C20H21FN4O4/c1-14(19(24-28-3)15-9-11-17(21)12-10-15)23-22-13-16-7-5-6-8-18(16)25(29-4)20(26)27-2/h5-13H,1-4H3. The van der Waals surface area contributed by atoms with Crippen LogP contribution in [0.3, 0.4) is 0 Å². The van der Waals surface area contributed by atoms with Gasteiger partial charge in [-0.3, -0.25) is 4.84 Å². The molecule has 0 N–H and O–H groups in total. The number of methoxy groups -OCH3 is 1. The third kappa shape index (κ3) is 5.69. The van der Waals surface area contributed by atoms with E-state index in [0.717, 1.165) is 5.06 Å². The van der Waals surface area contributed by atoms with E-state index >= 15 is 0 Å². The monoisotopic (exact) mass is 400 g/mol. The second-order valence-corrected chi connectivity index (χ2v) is 5.57. The molecule has 0 aliphatic carbocycles. The number of carbonyl (C=O) groups excluding carboxylic acids is 1. The van der Waals surface area contributed by atoms with Gasteiger partial charge in [-0.05, 0) is 37.3 Å². The molecule has 2 aromatic rings. The average Bonchev–Trinajstić information content (AvgIpc) is 2.74. The summed E-state index contributed by atoms with van der Waals surface area (Å²) in [6.07, 6.45) is 0.780. The molecule has 0 spiro atoms. The van der Waals surface area contributed by atoms with Crippen molar-refractivity contribution in [1.82, 2.24) is 0 Å². The number of rotatable bonds is 7. The lowest BCUT2D eigenvalue weighted by Crippen LogP contribution is -2.30. The molecule has 0 unspecified atom stereocenters. The maximum atomic E-state index is 13.2. The van der Waals surface area contributed by atoms with Gasteiger partial charge in [-0.2, -0.15) is 15.3 Å². The summed E-state index contributed by atoms with van der Waals surface area (Å²) < 4.78 is 17.9. The van der Waals surface area contributed by atoms with Gasteiger partial charge in [-0.1, -0.05) is 23.4 Å². The second kappa shape index (κ2) is 10.7. The Kier molecular flexibility index (Phi) is 7.99. The summed E-state index contributed by atoms with van der Waals surface area (Å²) in [4.78, 5) is 21.8. The van der Waals surface area contributed by atoms with E-state index in [9.17, 15) is 9.18 Å². The highest BCUT2D eigenvalue weighted by molar-refractivity contribution is 6.47. The molecule has 0 fully saturated rings. The molecule has 0 atom stereocenters. The molecule has 2 rings (SSSR count). The van der Waals surface area contributed by atoms with Gasteiger partial charge >= 0.3 is 6.09 Å². The van der Waals surface area contributed by atoms with Crippen LogP contribution < -0.4 is 5.06 Å². The van der Waals surface area contributed by atoms with E-state index in [2.05, 4.69) is 15.4 Å². The van der Waals surface area contributed by atoms with Crippen LogP contribution in [0.15, 0.2) is 63.9 Å². The molecule has 152 valence electrons.